The van der Waals surface area contributed by atoms with Crippen LogP contribution in [0.25, 0.3) is 0 Å². The van der Waals surface area contributed by atoms with Crippen molar-refractivity contribution in [1.29, 1.82) is 0 Å². The molecule has 1 rings (SSSR count). The number of hydrogen-bond donors (Lipinski definition) is 1. The number of benzene rings is 1. The summed E-state index contributed by atoms with van der Waals surface area (Å²) in [6, 6.07) is 3.30. The van der Waals surface area contributed by atoms with Gasteiger partial charge in [-0.15, -0.1) is 0 Å². The number of nitrogens with two attached hydrogens (primary N) is 1. The molecule has 90 valence electrons. The Hall–Kier alpha value is 0.0500. The van der Waals surface area contributed by atoms with Crippen molar-refractivity contribution in [3.63, 3.8) is 0 Å². The van der Waals surface area contributed by atoms with Gasteiger partial charge in [0.05, 0.1) is 10.0 Å². The van der Waals surface area contributed by atoms with Crippen molar-refractivity contribution in [2.24, 2.45) is 5.73 Å². The van der Waals surface area contributed by atoms with Gasteiger partial charge in [-0.3, -0.25) is 0 Å². The number of hydrogen-bond acceptors (Lipinski definition) is 1. The monoisotopic (exact) mass is 279 g/mol. The third kappa shape index (κ3) is 3.53. The van der Waals surface area contributed by atoms with Crippen molar-refractivity contribution in [1.82, 2.24) is 0 Å². The van der Waals surface area contributed by atoms with E-state index in [9.17, 15) is 0 Å². The van der Waals surface area contributed by atoms with E-state index in [0.29, 0.717) is 15.1 Å². The average molecular weight is 281 g/mol. The number of unbranched alkanes of at least 4 members (excludes halogenated alkanes) is 2. The zero-order valence-corrected chi connectivity index (χ0v) is 11.5. The molecule has 0 radical (unpaired) electrons. The second-order valence-electron chi connectivity index (χ2n) is 3.86. The van der Waals surface area contributed by atoms with Gasteiger partial charge in [-0.1, -0.05) is 61.0 Å². The van der Waals surface area contributed by atoms with Crippen molar-refractivity contribution in [2.45, 2.75) is 38.6 Å². The average Bonchev–Trinajstić information content (AvgIpc) is 2.24. The number of halogens is 3. The van der Waals surface area contributed by atoms with Gasteiger partial charge < -0.3 is 5.73 Å². The molecule has 0 saturated heterocycles. The molecule has 0 heterocycles. The van der Waals surface area contributed by atoms with Crippen LogP contribution in [0.5, 0.6) is 0 Å². The maximum atomic E-state index is 6.11. The maximum absolute atomic E-state index is 6.11. The molecule has 0 aliphatic rings. The van der Waals surface area contributed by atoms with Gasteiger partial charge in [0.25, 0.3) is 0 Å². The third-order valence-electron chi connectivity index (χ3n) is 2.57. The second-order valence-corrected chi connectivity index (χ2v) is 5.05. The van der Waals surface area contributed by atoms with E-state index >= 15 is 0 Å². The molecule has 1 atom stereocenters. The van der Waals surface area contributed by atoms with Gasteiger partial charge in [0.1, 0.15) is 0 Å². The van der Waals surface area contributed by atoms with Crippen LogP contribution in [0.3, 0.4) is 0 Å². The Bertz CT molecular complexity index is 352. The lowest BCUT2D eigenvalue weighted by atomic mass is 10.0. The molecule has 16 heavy (non-hydrogen) atoms. The Kier molecular flexibility index (Phi) is 5.91. The Morgan fingerprint density at radius 1 is 1.12 bits per heavy atom. The lowest BCUT2D eigenvalue weighted by molar-refractivity contribution is 0.581. The zero-order valence-electron chi connectivity index (χ0n) is 9.27. The highest BCUT2D eigenvalue weighted by Gasteiger charge is 2.16. The molecular weight excluding hydrogens is 264 g/mol. The van der Waals surface area contributed by atoms with Crippen molar-refractivity contribution in [3.8, 4) is 0 Å². The first-order chi connectivity index (χ1) is 7.57. The van der Waals surface area contributed by atoms with Gasteiger partial charge in [0.15, 0.2) is 0 Å². The van der Waals surface area contributed by atoms with Crippen molar-refractivity contribution < 1.29 is 0 Å². The van der Waals surface area contributed by atoms with Gasteiger partial charge in [-0.2, -0.15) is 0 Å². The minimum absolute atomic E-state index is 0.134. The molecule has 0 aliphatic heterocycles. The predicted octanol–water partition coefficient (Wildman–Crippen LogP) is 5.23. The molecule has 1 nitrogen and oxygen atoms in total. The highest BCUT2D eigenvalue weighted by atomic mass is 35.5. The molecule has 0 aliphatic carbocycles. The van der Waals surface area contributed by atoms with Crippen LogP contribution in [-0.4, -0.2) is 0 Å². The second kappa shape index (κ2) is 6.70. The van der Waals surface area contributed by atoms with Crippen LogP contribution in [-0.2, 0) is 0 Å². The lowest BCUT2D eigenvalue weighted by Gasteiger charge is -2.16. The normalized spacial score (nSPS) is 12.8. The van der Waals surface area contributed by atoms with E-state index in [2.05, 4.69) is 6.92 Å². The molecular formula is C12H16Cl3N. The summed E-state index contributed by atoms with van der Waals surface area (Å²) in [4.78, 5) is 0. The van der Waals surface area contributed by atoms with Gasteiger partial charge in [0.2, 0.25) is 0 Å². The third-order valence-corrected chi connectivity index (χ3v) is 3.72. The standard InChI is InChI=1S/C12H16Cl3N/c1-2-3-4-5-10(16)11-8(13)6-7-9(14)12(11)15/h6-7,10H,2-5,16H2,1H3/t10-/m1/s1. The molecule has 0 fully saturated rings. The molecule has 0 saturated carbocycles. The Morgan fingerprint density at radius 3 is 2.38 bits per heavy atom. The fourth-order valence-corrected chi connectivity index (χ4v) is 2.46. The minimum Gasteiger partial charge on any atom is -0.324 e. The molecule has 0 spiro atoms. The minimum atomic E-state index is -0.134. The van der Waals surface area contributed by atoms with Crippen LogP contribution in [0.2, 0.25) is 15.1 Å². The zero-order chi connectivity index (χ0) is 12.1. The Labute approximate surface area is 112 Å². The topological polar surface area (TPSA) is 26.0 Å². The molecule has 4 heteroatoms. The Balaban J connectivity index is 2.81. The first-order valence-electron chi connectivity index (χ1n) is 5.46. The largest absolute Gasteiger partial charge is 0.324 e. The lowest BCUT2D eigenvalue weighted by Crippen LogP contribution is -2.11. The van der Waals surface area contributed by atoms with E-state index in [1.807, 2.05) is 0 Å². The van der Waals surface area contributed by atoms with Crippen LogP contribution < -0.4 is 5.73 Å². The fourth-order valence-electron chi connectivity index (χ4n) is 1.64. The van der Waals surface area contributed by atoms with Gasteiger partial charge in [-0.25, -0.2) is 0 Å². The van der Waals surface area contributed by atoms with Gasteiger partial charge >= 0.3 is 0 Å². The van der Waals surface area contributed by atoms with Gasteiger partial charge in [-0.05, 0) is 18.6 Å². The fraction of sp³-hybridized carbons (Fsp3) is 0.500. The summed E-state index contributed by atoms with van der Waals surface area (Å²) >= 11 is 18.1. The van der Waals surface area contributed by atoms with Crippen molar-refractivity contribution in [2.75, 3.05) is 0 Å². The van der Waals surface area contributed by atoms with E-state index in [4.69, 9.17) is 40.5 Å². The molecule has 1 aromatic carbocycles. The smallest absolute Gasteiger partial charge is 0.0654 e. The van der Waals surface area contributed by atoms with Crippen LogP contribution in [0.1, 0.15) is 44.2 Å². The predicted molar refractivity (Wildman–Crippen MR) is 72.5 cm³/mol. The summed E-state index contributed by atoms with van der Waals surface area (Å²) in [5.41, 5.74) is 6.85. The summed E-state index contributed by atoms with van der Waals surface area (Å²) in [7, 11) is 0. The maximum Gasteiger partial charge on any atom is 0.0654 e. The molecule has 1 aromatic rings. The molecule has 0 bridgehead atoms. The Morgan fingerprint density at radius 2 is 1.75 bits per heavy atom. The van der Waals surface area contributed by atoms with Crippen LogP contribution in [0, 0.1) is 0 Å². The van der Waals surface area contributed by atoms with Crippen LogP contribution in [0.4, 0.5) is 0 Å². The van der Waals surface area contributed by atoms with E-state index in [1.54, 1.807) is 12.1 Å². The van der Waals surface area contributed by atoms with E-state index < -0.39 is 0 Å². The van der Waals surface area contributed by atoms with Crippen LogP contribution >= 0.6 is 34.8 Å². The summed E-state index contributed by atoms with van der Waals surface area (Å²) < 4.78 is 0. The molecule has 0 aromatic heterocycles. The van der Waals surface area contributed by atoms with Crippen molar-refractivity contribution >= 4 is 34.8 Å². The summed E-state index contributed by atoms with van der Waals surface area (Å²) in [5, 5.41) is 1.59. The SMILES string of the molecule is CCCCC[C@@H](N)c1c(Cl)ccc(Cl)c1Cl. The molecule has 0 amide bonds. The highest BCUT2D eigenvalue weighted by molar-refractivity contribution is 6.44. The van der Waals surface area contributed by atoms with Crippen LogP contribution in [0.15, 0.2) is 12.1 Å². The van der Waals surface area contributed by atoms with E-state index in [1.165, 1.54) is 12.8 Å². The molecule has 2 N–H and O–H groups in total. The summed E-state index contributed by atoms with van der Waals surface area (Å²) in [5.74, 6) is 0. The van der Waals surface area contributed by atoms with E-state index in [-0.39, 0.29) is 6.04 Å². The number of rotatable bonds is 5. The summed E-state index contributed by atoms with van der Waals surface area (Å²) in [6.07, 6.45) is 4.30. The highest BCUT2D eigenvalue weighted by Crippen LogP contribution is 2.36. The van der Waals surface area contributed by atoms with Crippen molar-refractivity contribution in [3.05, 3.63) is 32.8 Å². The van der Waals surface area contributed by atoms with Gasteiger partial charge in [0, 0.05) is 16.6 Å². The first-order valence-corrected chi connectivity index (χ1v) is 6.60. The van der Waals surface area contributed by atoms with E-state index in [0.717, 1.165) is 18.4 Å². The quantitative estimate of drug-likeness (QED) is 0.580. The summed E-state index contributed by atoms with van der Waals surface area (Å²) in [6.45, 7) is 2.16. The molecule has 0 unspecified atom stereocenters. The first kappa shape index (κ1) is 14.1.